The van der Waals surface area contributed by atoms with Gasteiger partial charge in [-0.05, 0) is 44.0 Å². The summed E-state index contributed by atoms with van der Waals surface area (Å²) in [6, 6.07) is 6.31. The van der Waals surface area contributed by atoms with E-state index in [0.29, 0.717) is 18.1 Å². The van der Waals surface area contributed by atoms with Crippen molar-refractivity contribution in [1.82, 2.24) is 14.5 Å². The Morgan fingerprint density at radius 1 is 1.27 bits per heavy atom. The molecular formula is C14H16ClN3O2S2. The third-order valence-electron chi connectivity index (χ3n) is 3.73. The summed E-state index contributed by atoms with van der Waals surface area (Å²) in [6.07, 6.45) is 1.78. The third kappa shape index (κ3) is 3.17. The molecule has 1 atom stereocenters. The molecule has 118 valence electrons. The first-order valence-corrected chi connectivity index (χ1v) is 9.66. The molecule has 1 aliphatic rings. The number of hydrogen-bond acceptors (Lipinski definition) is 5. The van der Waals surface area contributed by atoms with E-state index in [1.807, 2.05) is 6.92 Å². The summed E-state index contributed by atoms with van der Waals surface area (Å²) >= 11 is 7.37. The van der Waals surface area contributed by atoms with Crippen LogP contribution in [0, 0.1) is 6.92 Å². The van der Waals surface area contributed by atoms with Gasteiger partial charge in [-0.1, -0.05) is 11.6 Å². The molecule has 1 aromatic carbocycles. The van der Waals surface area contributed by atoms with Gasteiger partial charge in [0, 0.05) is 24.0 Å². The van der Waals surface area contributed by atoms with E-state index >= 15 is 0 Å². The van der Waals surface area contributed by atoms with Crippen LogP contribution in [0.4, 0.5) is 0 Å². The summed E-state index contributed by atoms with van der Waals surface area (Å²) in [5.41, 5.74) is 0. The van der Waals surface area contributed by atoms with Crippen LogP contribution >= 0.6 is 22.9 Å². The van der Waals surface area contributed by atoms with Crippen LogP contribution in [0.15, 0.2) is 29.2 Å². The molecule has 0 N–H and O–H groups in total. The fraction of sp³-hybridized carbons (Fsp3) is 0.429. The van der Waals surface area contributed by atoms with Gasteiger partial charge in [-0.3, -0.25) is 0 Å². The minimum atomic E-state index is -3.48. The van der Waals surface area contributed by atoms with Gasteiger partial charge in [-0.2, -0.15) is 4.31 Å². The molecule has 0 bridgehead atoms. The Morgan fingerprint density at radius 2 is 2.00 bits per heavy atom. The van der Waals surface area contributed by atoms with Crippen LogP contribution < -0.4 is 0 Å². The summed E-state index contributed by atoms with van der Waals surface area (Å²) in [6.45, 7) is 2.91. The minimum Gasteiger partial charge on any atom is -0.207 e. The van der Waals surface area contributed by atoms with Gasteiger partial charge >= 0.3 is 0 Å². The monoisotopic (exact) mass is 357 g/mol. The number of nitrogens with zero attached hydrogens (tertiary/aromatic N) is 3. The molecule has 0 radical (unpaired) electrons. The molecule has 5 nitrogen and oxygen atoms in total. The van der Waals surface area contributed by atoms with Crippen LogP contribution in [-0.2, 0) is 10.0 Å². The number of hydrogen-bond donors (Lipinski definition) is 0. The van der Waals surface area contributed by atoms with Gasteiger partial charge in [-0.25, -0.2) is 8.42 Å². The summed E-state index contributed by atoms with van der Waals surface area (Å²) in [5.74, 6) is 0.127. The van der Waals surface area contributed by atoms with E-state index in [1.54, 1.807) is 39.9 Å². The Hall–Kier alpha value is -1.02. The van der Waals surface area contributed by atoms with Gasteiger partial charge in [0.15, 0.2) is 0 Å². The van der Waals surface area contributed by atoms with Crippen molar-refractivity contribution in [3.05, 3.63) is 39.3 Å². The van der Waals surface area contributed by atoms with Crippen LogP contribution in [0.25, 0.3) is 0 Å². The average molecular weight is 358 g/mol. The molecule has 1 saturated heterocycles. The number of aryl methyl sites for hydroxylation is 1. The predicted octanol–water partition coefficient (Wildman–Crippen LogP) is 3.07. The van der Waals surface area contributed by atoms with Crippen LogP contribution in [0.2, 0.25) is 5.02 Å². The molecule has 0 unspecified atom stereocenters. The lowest BCUT2D eigenvalue weighted by Crippen LogP contribution is -2.39. The van der Waals surface area contributed by atoms with E-state index in [-0.39, 0.29) is 10.8 Å². The molecule has 0 spiro atoms. The number of benzene rings is 1. The maximum absolute atomic E-state index is 12.7. The molecule has 2 aromatic rings. The Kier molecular flexibility index (Phi) is 4.49. The van der Waals surface area contributed by atoms with Crippen molar-refractivity contribution in [3.8, 4) is 0 Å². The lowest BCUT2D eigenvalue weighted by molar-refractivity contribution is 0.314. The molecule has 1 aliphatic heterocycles. The number of aromatic nitrogens is 2. The van der Waals surface area contributed by atoms with Crippen LogP contribution in [-0.4, -0.2) is 36.0 Å². The van der Waals surface area contributed by atoms with E-state index in [9.17, 15) is 8.42 Å². The first kappa shape index (κ1) is 15.9. The Bertz CT molecular complexity index is 759. The molecule has 3 rings (SSSR count). The van der Waals surface area contributed by atoms with Crippen LogP contribution in [0.3, 0.4) is 0 Å². The Balaban J connectivity index is 1.83. The topological polar surface area (TPSA) is 63.2 Å². The zero-order valence-electron chi connectivity index (χ0n) is 12.1. The van der Waals surface area contributed by atoms with Gasteiger partial charge in [0.25, 0.3) is 0 Å². The lowest BCUT2D eigenvalue weighted by Gasteiger charge is -2.30. The van der Waals surface area contributed by atoms with Crippen molar-refractivity contribution < 1.29 is 8.42 Å². The molecular weight excluding hydrogens is 342 g/mol. The van der Waals surface area contributed by atoms with Crippen molar-refractivity contribution in [2.24, 2.45) is 0 Å². The summed E-state index contributed by atoms with van der Waals surface area (Å²) in [5, 5.41) is 10.6. The van der Waals surface area contributed by atoms with Crippen molar-refractivity contribution in [2.45, 2.75) is 30.6 Å². The van der Waals surface area contributed by atoms with Gasteiger partial charge in [0.2, 0.25) is 10.0 Å². The molecule has 2 heterocycles. The maximum atomic E-state index is 12.7. The maximum Gasteiger partial charge on any atom is 0.243 e. The highest BCUT2D eigenvalue weighted by Gasteiger charge is 2.32. The van der Waals surface area contributed by atoms with Crippen molar-refractivity contribution in [3.63, 3.8) is 0 Å². The highest BCUT2D eigenvalue weighted by atomic mass is 35.5. The predicted molar refractivity (Wildman–Crippen MR) is 86.8 cm³/mol. The molecule has 0 saturated carbocycles. The summed E-state index contributed by atoms with van der Waals surface area (Å²) in [4.78, 5) is 0.283. The first-order valence-electron chi connectivity index (χ1n) is 7.02. The summed E-state index contributed by atoms with van der Waals surface area (Å²) in [7, 11) is -3.48. The normalized spacial score (nSPS) is 20.2. The quantitative estimate of drug-likeness (QED) is 0.846. The van der Waals surface area contributed by atoms with Crippen molar-refractivity contribution in [1.29, 1.82) is 0 Å². The van der Waals surface area contributed by atoms with Crippen LogP contribution in [0.1, 0.15) is 28.8 Å². The van der Waals surface area contributed by atoms with E-state index in [0.717, 1.165) is 22.9 Å². The zero-order chi connectivity index (χ0) is 15.7. The second-order valence-corrected chi connectivity index (χ2v) is 8.90. The van der Waals surface area contributed by atoms with E-state index in [4.69, 9.17) is 11.6 Å². The minimum absolute atomic E-state index is 0.127. The zero-order valence-corrected chi connectivity index (χ0v) is 14.5. The first-order chi connectivity index (χ1) is 10.5. The molecule has 0 aliphatic carbocycles. The largest absolute Gasteiger partial charge is 0.243 e. The van der Waals surface area contributed by atoms with Gasteiger partial charge in [-0.15, -0.1) is 21.5 Å². The standard InChI is InChI=1S/C14H16ClN3O2S2/c1-10-16-17-14(21-10)11-3-2-8-18(9-11)22(19,20)13-6-4-12(15)5-7-13/h4-7,11H,2-3,8-9H2,1H3/t11-/m1/s1. The number of rotatable bonds is 3. The smallest absolute Gasteiger partial charge is 0.207 e. The van der Waals surface area contributed by atoms with Crippen molar-refractivity contribution in [2.75, 3.05) is 13.1 Å². The number of halogens is 1. The van der Waals surface area contributed by atoms with E-state index < -0.39 is 10.0 Å². The van der Waals surface area contributed by atoms with Gasteiger partial charge < -0.3 is 0 Å². The molecule has 0 amide bonds. The Morgan fingerprint density at radius 3 is 2.64 bits per heavy atom. The second-order valence-electron chi connectivity index (χ2n) is 5.32. The Labute approximate surface area is 139 Å². The third-order valence-corrected chi connectivity index (χ3v) is 6.86. The highest BCUT2D eigenvalue weighted by molar-refractivity contribution is 7.89. The van der Waals surface area contributed by atoms with Crippen molar-refractivity contribution >= 4 is 33.0 Å². The average Bonchev–Trinajstić information content (AvgIpc) is 2.94. The summed E-state index contributed by atoms with van der Waals surface area (Å²) < 4.78 is 27.0. The molecule has 1 fully saturated rings. The van der Waals surface area contributed by atoms with E-state index in [2.05, 4.69) is 10.2 Å². The van der Waals surface area contributed by atoms with E-state index in [1.165, 1.54) is 0 Å². The van der Waals surface area contributed by atoms with Crippen LogP contribution in [0.5, 0.6) is 0 Å². The second kappa shape index (κ2) is 6.23. The highest BCUT2D eigenvalue weighted by Crippen LogP contribution is 2.31. The molecule has 8 heteroatoms. The fourth-order valence-electron chi connectivity index (χ4n) is 2.59. The number of piperidine rings is 1. The number of sulfonamides is 1. The molecule has 1 aromatic heterocycles. The van der Waals surface area contributed by atoms with Gasteiger partial charge in [0.05, 0.1) is 4.90 Å². The fourth-order valence-corrected chi connectivity index (χ4v) is 5.07. The molecule has 22 heavy (non-hydrogen) atoms. The lowest BCUT2D eigenvalue weighted by atomic mass is 10.0. The SMILES string of the molecule is Cc1nnc([C@@H]2CCCN(S(=O)(=O)c3ccc(Cl)cc3)C2)s1. The van der Waals surface area contributed by atoms with Gasteiger partial charge in [0.1, 0.15) is 10.0 Å².